The number of ether oxygens (including phenoxy) is 1. The number of rotatable bonds is 18. The van der Waals surface area contributed by atoms with Crippen molar-refractivity contribution in [2.24, 2.45) is 0 Å². The Bertz CT molecular complexity index is 1090. The topological polar surface area (TPSA) is 41.6 Å². The minimum Gasteiger partial charge on any atom is -0.493 e. The van der Waals surface area contributed by atoms with Crippen LogP contribution in [0.15, 0.2) is 53.6 Å². The standard InChI is InChI=1S/C36H54N2O2S/c1-6-7-8-9-10-11-12-13-14-15-16-17-24-40-34-23-20-31(25-33(34)36(3,4)5)35(39)37-32-21-18-30(19-22-32)26-38-28-41-27-29(38)2/h18-23,25,27H,6-17,24,26,28H2,1-5H3,(H,37,39). The second-order valence-corrected chi connectivity index (χ2v) is 13.4. The summed E-state index contributed by atoms with van der Waals surface area (Å²) in [6.07, 6.45) is 16.0. The summed E-state index contributed by atoms with van der Waals surface area (Å²) in [5.74, 6) is 1.80. The molecule has 2 aromatic rings. The minimum atomic E-state index is -0.121. The van der Waals surface area contributed by atoms with E-state index < -0.39 is 0 Å². The molecule has 0 radical (unpaired) electrons. The van der Waals surface area contributed by atoms with Crippen LogP contribution in [0, 0.1) is 0 Å². The van der Waals surface area contributed by atoms with Crippen molar-refractivity contribution in [2.45, 2.75) is 124 Å². The maximum atomic E-state index is 13.1. The van der Waals surface area contributed by atoms with Gasteiger partial charge in [-0.15, -0.1) is 11.8 Å². The fourth-order valence-corrected chi connectivity index (χ4v) is 6.16. The van der Waals surface area contributed by atoms with Crippen molar-refractivity contribution in [3.05, 3.63) is 70.3 Å². The van der Waals surface area contributed by atoms with Crippen molar-refractivity contribution >= 4 is 23.4 Å². The minimum absolute atomic E-state index is 0.0921. The molecular formula is C36H54N2O2S. The first-order chi connectivity index (χ1) is 19.8. The molecule has 1 heterocycles. The average Bonchev–Trinajstić information content (AvgIpc) is 3.35. The van der Waals surface area contributed by atoms with E-state index in [0.29, 0.717) is 5.56 Å². The molecule has 0 atom stereocenters. The molecule has 1 aliphatic rings. The van der Waals surface area contributed by atoms with E-state index in [0.717, 1.165) is 42.4 Å². The van der Waals surface area contributed by atoms with Gasteiger partial charge in [0.05, 0.1) is 12.5 Å². The van der Waals surface area contributed by atoms with Crippen molar-refractivity contribution in [2.75, 3.05) is 17.8 Å². The summed E-state index contributed by atoms with van der Waals surface area (Å²) in [4.78, 5) is 15.5. The summed E-state index contributed by atoms with van der Waals surface area (Å²) >= 11 is 1.83. The first-order valence-electron chi connectivity index (χ1n) is 16.0. The summed E-state index contributed by atoms with van der Waals surface area (Å²) < 4.78 is 6.24. The zero-order chi connectivity index (χ0) is 29.5. The van der Waals surface area contributed by atoms with Gasteiger partial charge in [-0.3, -0.25) is 4.79 Å². The van der Waals surface area contributed by atoms with Gasteiger partial charge < -0.3 is 15.0 Å². The molecule has 0 aliphatic carbocycles. The number of hydrogen-bond acceptors (Lipinski definition) is 4. The molecule has 226 valence electrons. The van der Waals surface area contributed by atoms with Gasteiger partial charge in [0.15, 0.2) is 0 Å². The molecule has 0 saturated heterocycles. The van der Waals surface area contributed by atoms with Gasteiger partial charge in [0, 0.05) is 29.1 Å². The predicted octanol–water partition coefficient (Wildman–Crippen LogP) is 10.7. The number of carbonyl (C=O) groups is 1. The third-order valence-corrected chi connectivity index (χ3v) is 8.84. The molecule has 0 fully saturated rings. The van der Waals surface area contributed by atoms with E-state index >= 15 is 0 Å². The maximum absolute atomic E-state index is 13.1. The molecule has 1 amide bonds. The quantitative estimate of drug-likeness (QED) is 0.179. The third-order valence-electron chi connectivity index (χ3n) is 7.87. The summed E-state index contributed by atoms with van der Waals surface area (Å²) in [5.41, 5.74) is 4.97. The van der Waals surface area contributed by atoms with Gasteiger partial charge in [-0.25, -0.2) is 0 Å². The number of carbonyl (C=O) groups excluding carboxylic acids is 1. The van der Waals surface area contributed by atoms with Gasteiger partial charge in [0.25, 0.3) is 5.91 Å². The fourth-order valence-electron chi connectivity index (χ4n) is 5.22. The number of hydrogen-bond donors (Lipinski definition) is 1. The van der Waals surface area contributed by atoms with Gasteiger partial charge >= 0.3 is 0 Å². The SMILES string of the molecule is CCCCCCCCCCCCCCOc1ccc(C(=O)Nc2ccc(CN3CSC=C3C)cc2)cc1C(C)(C)C. The molecule has 2 aromatic carbocycles. The first kappa shape index (κ1) is 33.1. The Hall–Kier alpha value is -2.40. The summed E-state index contributed by atoms with van der Waals surface area (Å²) in [6.45, 7) is 12.6. The second-order valence-electron chi connectivity index (χ2n) is 12.6. The Labute approximate surface area is 254 Å². The van der Waals surface area contributed by atoms with Gasteiger partial charge in [-0.05, 0) is 60.1 Å². The molecule has 1 N–H and O–H groups in total. The van der Waals surface area contributed by atoms with Crippen molar-refractivity contribution < 1.29 is 9.53 Å². The Morgan fingerprint density at radius 3 is 2.05 bits per heavy atom. The third kappa shape index (κ3) is 11.8. The van der Waals surface area contributed by atoms with Gasteiger partial charge in [-0.2, -0.15) is 0 Å². The lowest BCUT2D eigenvalue weighted by Crippen LogP contribution is -2.18. The van der Waals surface area contributed by atoms with E-state index in [4.69, 9.17) is 4.74 Å². The molecule has 0 spiro atoms. The maximum Gasteiger partial charge on any atom is 0.255 e. The van der Waals surface area contributed by atoms with Crippen molar-refractivity contribution in [1.82, 2.24) is 4.90 Å². The number of amides is 1. The van der Waals surface area contributed by atoms with Gasteiger partial charge in [0.2, 0.25) is 0 Å². The smallest absolute Gasteiger partial charge is 0.255 e. The van der Waals surface area contributed by atoms with Crippen LogP contribution in [0.2, 0.25) is 0 Å². The molecule has 1 aliphatic heterocycles. The van der Waals surface area contributed by atoms with Gasteiger partial charge in [-0.1, -0.05) is 110 Å². The number of nitrogens with one attached hydrogen (secondary N) is 1. The van der Waals surface area contributed by atoms with Crippen molar-refractivity contribution in [3.63, 3.8) is 0 Å². The van der Waals surface area contributed by atoms with E-state index in [-0.39, 0.29) is 11.3 Å². The average molecular weight is 579 g/mol. The van der Waals surface area contributed by atoms with Crippen LogP contribution in [-0.4, -0.2) is 23.3 Å². The number of unbranched alkanes of at least 4 members (excludes halogenated alkanes) is 11. The van der Waals surface area contributed by atoms with E-state index in [1.165, 1.54) is 81.9 Å². The molecule has 0 unspecified atom stereocenters. The van der Waals surface area contributed by atoms with E-state index in [2.05, 4.69) is 62.4 Å². The molecule has 0 bridgehead atoms. The van der Waals surface area contributed by atoms with Crippen LogP contribution < -0.4 is 10.1 Å². The molecule has 3 rings (SSSR count). The number of allylic oxidation sites excluding steroid dienone is 1. The van der Waals surface area contributed by atoms with E-state index in [1.807, 2.05) is 42.1 Å². The highest BCUT2D eigenvalue weighted by atomic mass is 32.2. The van der Waals surface area contributed by atoms with E-state index in [9.17, 15) is 4.79 Å². The highest BCUT2D eigenvalue weighted by Crippen LogP contribution is 2.33. The predicted molar refractivity (Wildman–Crippen MR) is 178 cm³/mol. The van der Waals surface area contributed by atoms with Crippen LogP contribution in [0.1, 0.15) is 133 Å². The lowest BCUT2D eigenvalue weighted by Gasteiger charge is -2.24. The molecule has 0 aromatic heterocycles. The summed E-state index contributed by atoms with van der Waals surface area (Å²) in [7, 11) is 0. The molecule has 4 nitrogen and oxygen atoms in total. The normalized spacial score (nSPS) is 13.4. The molecule has 41 heavy (non-hydrogen) atoms. The van der Waals surface area contributed by atoms with Crippen LogP contribution in [0.4, 0.5) is 5.69 Å². The number of anilines is 1. The zero-order valence-corrected chi connectivity index (χ0v) is 27.2. The van der Waals surface area contributed by atoms with E-state index in [1.54, 1.807) is 0 Å². The Morgan fingerprint density at radius 2 is 1.49 bits per heavy atom. The lowest BCUT2D eigenvalue weighted by molar-refractivity contribution is 0.102. The van der Waals surface area contributed by atoms with Gasteiger partial charge in [0.1, 0.15) is 5.75 Å². The lowest BCUT2D eigenvalue weighted by atomic mass is 9.85. The highest BCUT2D eigenvalue weighted by molar-refractivity contribution is 8.02. The van der Waals surface area contributed by atoms with Crippen LogP contribution in [0.5, 0.6) is 5.75 Å². The Balaban J connectivity index is 1.41. The largest absolute Gasteiger partial charge is 0.493 e. The fraction of sp³-hybridized carbons (Fsp3) is 0.583. The number of nitrogens with zero attached hydrogens (tertiary/aromatic N) is 1. The Morgan fingerprint density at radius 1 is 0.878 bits per heavy atom. The van der Waals surface area contributed by atoms with Crippen molar-refractivity contribution in [3.8, 4) is 5.75 Å². The molecule has 5 heteroatoms. The summed E-state index contributed by atoms with van der Waals surface area (Å²) in [6, 6.07) is 14.0. The zero-order valence-electron chi connectivity index (χ0n) is 26.4. The number of thioether (sulfide) groups is 1. The van der Waals surface area contributed by atoms with Crippen LogP contribution in [0.25, 0.3) is 0 Å². The Kier molecular flexibility index (Phi) is 14.2. The summed E-state index contributed by atoms with van der Waals surface area (Å²) in [5, 5.41) is 5.28. The highest BCUT2D eigenvalue weighted by Gasteiger charge is 2.21. The monoisotopic (exact) mass is 578 g/mol. The van der Waals surface area contributed by atoms with Crippen molar-refractivity contribution in [1.29, 1.82) is 0 Å². The first-order valence-corrected chi connectivity index (χ1v) is 17.0. The second kappa shape index (κ2) is 17.5. The number of benzene rings is 2. The molecular weight excluding hydrogens is 524 g/mol. The van der Waals surface area contributed by atoms with Crippen LogP contribution in [0.3, 0.4) is 0 Å². The van der Waals surface area contributed by atoms with Crippen LogP contribution in [-0.2, 0) is 12.0 Å². The van der Waals surface area contributed by atoms with Crippen LogP contribution >= 0.6 is 11.8 Å². The molecule has 0 saturated carbocycles.